The minimum atomic E-state index is 0.581. The lowest BCUT2D eigenvalue weighted by Gasteiger charge is -2.22. The fraction of sp³-hybridized carbons (Fsp3) is 0.600. The van der Waals surface area contributed by atoms with Crippen LogP contribution in [0.25, 0.3) is 0 Å². The van der Waals surface area contributed by atoms with Crippen LogP contribution in [0.4, 0.5) is 0 Å². The molecule has 0 saturated carbocycles. The third-order valence-electron chi connectivity index (χ3n) is 3.20. The number of aryl methyl sites for hydroxylation is 2. The van der Waals surface area contributed by atoms with E-state index in [1.54, 1.807) is 0 Å². The number of benzene rings is 1. The predicted octanol–water partition coefficient (Wildman–Crippen LogP) is 4.22. The summed E-state index contributed by atoms with van der Waals surface area (Å²) in [6, 6.07) is 6.92. The van der Waals surface area contributed by atoms with E-state index in [0.717, 1.165) is 24.4 Å². The van der Waals surface area contributed by atoms with Gasteiger partial charge in [0.05, 0.1) is 0 Å². The SMILES string of the molecule is CCNC(CCc1ccc(C)cc1Cl)C(C)C. The Hall–Kier alpha value is -0.530. The summed E-state index contributed by atoms with van der Waals surface area (Å²) in [5.41, 5.74) is 2.49. The maximum absolute atomic E-state index is 6.25. The van der Waals surface area contributed by atoms with Gasteiger partial charge in [-0.2, -0.15) is 0 Å². The molecule has 1 rings (SSSR count). The van der Waals surface area contributed by atoms with Gasteiger partial charge in [0.1, 0.15) is 0 Å². The maximum Gasteiger partial charge on any atom is 0.0440 e. The van der Waals surface area contributed by atoms with Gasteiger partial charge in [0.25, 0.3) is 0 Å². The fourth-order valence-corrected chi connectivity index (χ4v) is 2.43. The number of hydrogen-bond donors (Lipinski definition) is 1. The van der Waals surface area contributed by atoms with E-state index >= 15 is 0 Å². The molecule has 0 aromatic heterocycles. The van der Waals surface area contributed by atoms with Crippen LogP contribution in [0.5, 0.6) is 0 Å². The highest BCUT2D eigenvalue weighted by molar-refractivity contribution is 6.31. The van der Waals surface area contributed by atoms with E-state index < -0.39 is 0 Å². The molecule has 17 heavy (non-hydrogen) atoms. The summed E-state index contributed by atoms with van der Waals surface area (Å²) >= 11 is 6.25. The van der Waals surface area contributed by atoms with Crippen molar-refractivity contribution >= 4 is 11.6 Å². The van der Waals surface area contributed by atoms with Gasteiger partial charge >= 0.3 is 0 Å². The van der Waals surface area contributed by atoms with Crippen molar-refractivity contribution in [3.63, 3.8) is 0 Å². The Bertz CT molecular complexity index is 347. The molecule has 0 radical (unpaired) electrons. The van der Waals surface area contributed by atoms with E-state index in [9.17, 15) is 0 Å². The predicted molar refractivity (Wildman–Crippen MR) is 76.8 cm³/mol. The zero-order valence-corrected chi connectivity index (χ0v) is 12.1. The molecule has 1 N–H and O–H groups in total. The minimum Gasteiger partial charge on any atom is -0.314 e. The Morgan fingerprint density at radius 2 is 2.00 bits per heavy atom. The molecule has 1 aromatic rings. The second-order valence-corrected chi connectivity index (χ2v) is 5.45. The Kier molecular flexibility index (Phi) is 6.01. The van der Waals surface area contributed by atoms with Crippen molar-refractivity contribution in [1.82, 2.24) is 5.32 Å². The van der Waals surface area contributed by atoms with Crippen LogP contribution in [0.15, 0.2) is 18.2 Å². The van der Waals surface area contributed by atoms with Crippen LogP contribution in [-0.4, -0.2) is 12.6 Å². The van der Waals surface area contributed by atoms with Crippen LogP contribution in [0.3, 0.4) is 0 Å². The number of nitrogens with one attached hydrogen (secondary N) is 1. The molecule has 0 amide bonds. The lowest BCUT2D eigenvalue weighted by atomic mass is 9.96. The molecular formula is C15H24ClN. The summed E-state index contributed by atoms with van der Waals surface area (Å²) in [7, 11) is 0. The first kappa shape index (κ1) is 14.5. The van der Waals surface area contributed by atoms with E-state index in [0.29, 0.717) is 12.0 Å². The van der Waals surface area contributed by atoms with Gasteiger partial charge in [-0.05, 0) is 49.4 Å². The first-order valence-corrected chi connectivity index (χ1v) is 6.90. The van der Waals surface area contributed by atoms with E-state index in [4.69, 9.17) is 11.6 Å². The highest BCUT2D eigenvalue weighted by atomic mass is 35.5. The van der Waals surface area contributed by atoms with Crippen LogP contribution in [0, 0.1) is 12.8 Å². The Labute approximate surface area is 111 Å². The van der Waals surface area contributed by atoms with E-state index in [1.165, 1.54) is 11.1 Å². The van der Waals surface area contributed by atoms with E-state index in [-0.39, 0.29) is 0 Å². The molecule has 2 heteroatoms. The van der Waals surface area contributed by atoms with Crippen molar-refractivity contribution in [2.75, 3.05) is 6.54 Å². The van der Waals surface area contributed by atoms with Gasteiger partial charge in [-0.3, -0.25) is 0 Å². The van der Waals surface area contributed by atoms with Gasteiger partial charge in [-0.1, -0.05) is 44.5 Å². The highest BCUT2D eigenvalue weighted by Crippen LogP contribution is 2.20. The summed E-state index contributed by atoms with van der Waals surface area (Å²) in [5.74, 6) is 0.666. The molecule has 1 aromatic carbocycles. The van der Waals surface area contributed by atoms with Crippen molar-refractivity contribution in [2.45, 2.75) is 46.6 Å². The van der Waals surface area contributed by atoms with Crippen molar-refractivity contribution in [3.05, 3.63) is 34.3 Å². The largest absolute Gasteiger partial charge is 0.314 e. The van der Waals surface area contributed by atoms with Crippen molar-refractivity contribution in [1.29, 1.82) is 0 Å². The zero-order chi connectivity index (χ0) is 12.8. The van der Waals surface area contributed by atoms with Gasteiger partial charge in [0.15, 0.2) is 0 Å². The molecule has 1 atom stereocenters. The molecule has 0 fully saturated rings. The average Bonchev–Trinajstić information content (AvgIpc) is 2.25. The second kappa shape index (κ2) is 7.03. The zero-order valence-electron chi connectivity index (χ0n) is 11.4. The molecule has 0 saturated heterocycles. The fourth-order valence-electron chi connectivity index (χ4n) is 2.10. The smallest absolute Gasteiger partial charge is 0.0440 e. The molecule has 1 unspecified atom stereocenters. The average molecular weight is 254 g/mol. The monoisotopic (exact) mass is 253 g/mol. The third-order valence-corrected chi connectivity index (χ3v) is 3.56. The summed E-state index contributed by atoms with van der Waals surface area (Å²) in [5, 5.41) is 4.45. The highest BCUT2D eigenvalue weighted by Gasteiger charge is 2.12. The van der Waals surface area contributed by atoms with Crippen molar-refractivity contribution in [2.24, 2.45) is 5.92 Å². The van der Waals surface area contributed by atoms with Crippen molar-refractivity contribution in [3.8, 4) is 0 Å². The summed E-state index contributed by atoms with van der Waals surface area (Å²) in [6.07, 6.45) is 2.20. The lowest BCUT2D eigenvalue weighted by molar-refractivity contribution is 0.385. The Morgan fingerprint density at radius 3 is 2.53 bits per heavy atom. The second-order valence-electron chi connectivity index (χ2n) is 5.04. The summed E-state index contributed by atoms with van der Waals surface area (Å²) in [4.78, 5) is 0. The van der Waals surface area contributed by atoms with E-state index in [1.807, 2.05) is 0 Å². The molecule has 0 aliphatic carbocycles. The molecular weight excluding hydrogens is 230 g/mol. The van der Waals surface area contributed by atoms with E-state index in [2.05, 4.69) is 51.2 Å². The number of hydrogen-bond acceptors (Lipinski definition) is 1. The quantitative estimate of drug-likeness (QED) is 0.801. The van der Waals surface area contributed by atoms with Crippen LogP contribution in [-0.2, 0) is 6.42 Å². The molecule has 0 aliphatic heterocycles. The van der Waals surface area contributed by atoms with Gasteiger partial charge < -0.3 is 5.32 Å². The van der Waals surface area contributed by atoms with Gasteiger partial charge in [-0.15, -0.1) is 0 Å². The molecule has 1 nitrogen and oxygen atoms in total. The van der Waals surface area contributed by atoms with Crippen molar-refractivity contribution < 1.29 is 0 Å². The number of rotatable bonds is 6. The topological polar surface area (TPSA) is 12.0 Å². The molecule has 0 aliphatic rings. The molecule has 0 heterocycles. The minimum absolute atomic E-state index is 0.581. The first-order chi connectivity index (χ1) is 8.04. The van der Waals surface area contributed by atoms with Crippen LogP contribution in [0.1, 0.15) is 38.3 Å². The molecule has 96 valence electrons. The first-order valence-electron chi connectivity index (χ1n) is 6.53. The third kappa shape index (κ3) is 4.69. The normalized spacial score (nSPS) is 13.1. The van der Waals surface area contributed by atoms with Crippen LogP contribution >= 0.6 is 11.6 Å². The standard InChI is InChI=1S/C15H24ClN/c1-5-17-15(11(2)3)9-8-13-7-6-12(4)10-14(13)16/h6-7,10-11,15,17H,5,8-9H2,1-4H3. The van der Waals surface area contributed by atoms with Gasteiger partial charge in [0.2, 0.25) is 0 Å². The number of halogens is 1. The lowest BCUT2D eigenvalue weighted by Crippen LogP contribution is -2.34. The van der Waals surface area contributed by atoms with Gasteiger partial charge in [-0.25, -0.2) is 0 Å². The molecule has 0 spiro atoms. The van der Waals surface area contributed by atoms with Crippen LogP contribution < -0.4 is 5.32 Å². The Morgan fingerprint density at radius 1 is 1.29 bits per heavy atom. The summed E-state index contributed by atoms with van der Waals surface area (Å²) in [6.45, 7) is 9.80. The molecule has 0 bridgehead atoms. The summed E-state index contributed by atoms with van der Waals surface area (Å²) < 4.78 is 0. The maximum atomic E-state index is 6.25. The van der Waals surface area contributed by atoms with Crippen LogP contribution in [0.2, 0.25) is 5.02 Å². The Balaban J connectivity index is 2.59. The van der Waals surface area contributed by atoms with Gasteiger partial charge in [0, 0.05) is 11.1 Å².